The summed E-state index contributed by atoms with van der Waals surface area (Å²) in [7, 11) is 7.03. The molecular weight excluding hydrogens is 199 g/mol. The van der Waals surface area contributed by atoms with Crippen molar-refractivity contribution in [3.05, 3.63) is 10.6 Å². The van der Waals surface area contributed by atoms with E-state index < -0.39 is 0 Å². The summed E-state index contributed by atoms with van der Waals surface area (Å²) in [5.74, 6) is 0. The summed E-state index contributed by atoms with van der Waals surface area (Å²) in [6.45, 7) is 0. The van der Waals surface area contributed by atoms with E-state index in [9.17, 15) is 0 Å². The number of hydrogen-bond acceptors (Lipinski definition) is 3. The molecule has 0 bridgehead atoms. The van der Waals surface area contributed by atoms with Crippen LogP contribution in [0, 0.1) is 0 Å². The second-order valence-corrected chi connectivity index (χ2v) is 5.86. The Balaban J connectivity index is 2.19. The standard InChI is InChI=1S/C9H15N2PS/c1-11(2)6-3-4-7-8(5-6)13-9(12)10-7/h6H,3-5,12H2,1-2H3. The van der Waals surface area contributed by atoms with E-state index in [4.69, 9.17) is 0 Å². The van der Waals surface area contributed by atoms with Crippen LogP contribution in [0.3, 0.4) is 0 Å². The second kappa shape index (κ2) is 3.64. The maximum Gasteiger partial charge on any atom is 0.109 e. The van der Waals surface area contributed by atoms with Gasteiger partial charge in [0, 0.05) is 10.9 Å². The number of rotatable bonds is 1. The van der Waals surface area contributed by atoms with Gasteiger partial charge in [0.1, 0.15) is 4.75 Å². The van der Waals surface area contributed by atoms with Crippen molar-refractivity contribution in [2.24, 2.45) is 0 Å². The lowest BCUT2D eigenvalue weighted by Gasteiger charge is -2.27. The molecule has 0 aliphatic heterocycles. The number of aromatic nitrogens is 1. The predicted octanol–water partition coefficient (Wildman–Crippen LogP) is 1.06. The molecule has 1 aromatic rings. The van der Waals surface area contributed by atoms with Gasteiger partial charge in [0.25, 0.3) is 0 Å². The molecule has 13 heavy (non-hydrogen) atoms. The molecule has 2 rings (SSSR count). The number of aryl methyl sites for hydroxylation is 1. The van der Waals surface area contributed by atoms with E-state index in [2.05, 4.69) is 33.2 Å². The number of nitrogens with zero attached hydrogens (tertiary/aromatic N) is 2. The van der Waals surface area contributed by atoms with Gasteiger partial charge in [-0.3, -0.25) is 0 Å². The highest BCUT2D eigenvalue weighted by atomic mass is 32.1. The summed E-state index contributed by atoms with van der Waals surface area (Å²) in [4.78, 5) is 8.33. The van der Waals surface area contributed by atoms with E-state index in [1.165, 1.54) is 23.4 Å². The van der Waals surface area contributed by atoms with Crippen LogP contribution in [0.5, 0.6) is 0 Å². The van der Waals surface area contributed by atoms with Crippen LogP contribution in [0.1, 0.15) is 17.0 Å². The molecule has 0 saturated carbocycles. The smallest absolute Gasteiger partial charge is 0.109 e. The summed E-state index contributed by atoms with van der Waals surface area (Å²) in [5, 5.41) is 0. The van der Waals surface area contributed by atoms with Gasteiger partial charge in [-0.1, -0.05) is 9.24 Å². The number of likely N-dealkylation sites (N-methyl/N-ethyl adjacent to an activating group) is 1. The highest BCUT2D eigenvalue weighted by molar-refractivity contribution is 7.42. The molecule has 1 heterocycles. The third kappa shape index (κ3) is 1.93. The Labute approximate surface area is 85.6 Å². The zero-order chi connectivity index (χ0) is 9.42. The molecule has 2 atom stereocenters. The van der Waals surface area contributed by atoms with E-state index >= 15 is 0 Å². The molecule has 1 aromatic heterocycles. The number of fused-ring (bicyclic) bond motifs is 1. The van der Waals surface area contributed by atoms with Crippen LogP contribution in [0.25, 0.3) is 0 Å². The molecule has 1 aliphatic carbocycles. The Morgan fingerprint density at radius 2 is 2.31 bits per heavy atom. The van der Waals surface area contributed by atoms with Crippen molar-refractivity contribution in [1.82, 2.24) is 9.88 Å². The molecule has 0 saturated heterocycles. The Kier molecular flexibility index (Phi) is 2.68. The first-order valence-electron chi connectivity index (χ1n) is 4.57. The largest absolute Gasteiger partial charge is 0.306 e. The van der Waals surface area contributed by atoms with Crippen molar-refractivity contribution in [3.8, 4) is 0 Å². The van der Waals surface area contributed by atoms with Crippen molar-refractivity contribution < 1.29 is 0 Å². The third-order valence-corrected chi connectivity index (χ3v) is 4.09. The van der Waals surface area contributed by atoms with Crippen LogP contribution in [0.2, 0.25) is 0 Å². The highest BCUT2D eigenvalue weighted by Gasteiger charge is 2.22. The van der Waals surface area contributed by atoms with E-state index in [0.29, 0.717) is 0 Å². The van der Waals surface area contributed by atoms with Gasteiger partial charge in [0.05, 0.1) is 5.69 Å². The fourth-order valence-electron chi connectivity index (χ4n) is 1.82. The van der Waals surface area contributed by atoms with Gasteiger partial charge in [-0.25, -0.2) is 4.98 Å². The summed E-state index contributed by atoms with van der Waals surface area (Å²) in [6, 6.07) is 0.720. The normalized spacial score (nSPS) is 22.0. The van der Waals surface area contributed by atoms with E-state index in [1.807, 2.05) is 11.3 Å². The van der Waals surface area contributed by atoms with Crippen LogP contribution in [-0.2, 0) is 12.8 Å². The molecule has 0 N–H and O–H groups in total. The third-order valence-electron chi connectivity index (χ3n) is 2.66. The van der Waals surface area contributed by atoms with Crippen molar-refractivity contribution >= 4 is 25.3 Å². The molecule has 72 valence electrons. The van der Waals surface area contributed by atoms with Gasteiger partial charge in [0.2, 0.25) is 0 Å². The molecule has 4 heteroatoms. The van der Waals surface area contributed by atoms with Gasteiger partial charge in [-0.05, 0) is 33.4 Å². The highest BCUT2D eigenvalue weighted by Crippen LogP contribution is 2.25. The van der Waals surface area contributed by atoms with Crippen molar-refractivity contribution in [2.75, 3.05) is 14.1 Å². The number of hydrogen-bond donors (Lipinski definition) is 0. The summed E-state index contributed by atoms with van der Waals surface area (Å²) < 4.78 is 1.14. The topological polar surface area (TPSA) is 16.1 Å². The predicted molar refractivity (Wildman–Crippen MR) is 61.0 cm³/mol. The van der Waals surface area contributed by atoms with Crippen LogP contribution in [-0.4, -0.2) is 30.0 Å². The zero-order valence-corrected chi connectivity index (χ0v) is 10.0. The van der Waals surface area contributed by atoms with Gasteiger partial charge in [-0.2, -0.15) is 0 Å². The first-order chi connectivity index (χ1) is 6.16. The summed E-state index contributed by atoms with van der Waals surface area (Å²) in [6.07, 6.45) is 3.60. The molecule has 2 unspecified atom stereocenters. The lowest BCUT2D eigenvalue weighted by molar-refractivity contribution is 0.269. The Morgan fingerprint density at radius 1 is 1.54 bits per heavy atom. The summed E-state index contributed by atoms with van der Waals surface area (Å²) in [5.41, 5.74) is 1.34. The van der Waals surface area contributed by atoms with Gasteiger partial charge in [0.15, 0.2) is 0 Å². The Hall–Kier alpha value is 0.0200. The SMILES string of the molecule is CN(C)C1CCc2nc(P)sc2C1. The lowest BCUT2D eigenvalue weighted by Crippen LogP contribution is -2.32. The molecule has 0 amide bonds. The molecule has 0 spiro atoms. The van der Waals surface area contributed by atoms with Gasteiger partial charge in [-0.15, -0.1) is 11.3 Å². The average Bonchev–Trinajstić information content (AvgIpc) is 2.42. The number of thiazole rings is 1. The van der Waals surface area contributed by atoms with Crippen molar-refractivity contribution in [3.63, 3.8) is 0 Å². The fraction of sp³-hybridized carbons (Fsp3) is 0.667. The maximum absolute atomic E-state index is 4.51. The minimum Gasteiger partial charge on any atom is -0.306 e. The lowest BCUT2D eigenvalue weighted by atomic mass is 9.97. The molecule has 2 nitrogen and oxygen atoms in total. The first-order valence-corrected chi connectivity index (χ1v) is 5.96. The van der Waals surface area contributed by atoms with E-state index in [0.717, 1.165) is 17.2 Å². The Bertz CT molecular complexity index is 309. The van der Waals surface area contributed by atoms with Crippen molar-refractivity contribution in [1.29, 1.82) is 0 Å². The summed E-state index contributed by atoms with van der Waals surface area (Å²) >= 11 is 1.84. The second-order valence-electron chi connectivity index (χ2n) is 3.78. The van der Waals surface area contributed by atoms with Gasteiger partial charge >= 0.3 is 0 Å². The molecular formula is C9H15N2PS. The Morgan fingerprint density at radius 3 is 3.00 bits per heavy atom. The fourth-order valence-corrected chi connectivity index (χ4v) is 3.35. The molecule has 0 aromatic carbocycles. The minimum absolute atomic E-state index is 0.720. The zero-order valence-electron chi connectivity index (χ0n) is 8.08. The van der Waals surface area contributed by atoms with Crippen LogP contribution in [0.15, 0.2) is 0 Å². The van der Waals surface area contributed by atoms with Crippen molar-refractivity contribution in [2.45, 2.75) is 25.3 Å². The monoisotopic (exact) mass is 214 g/mol. The van der Waals surface area contributed by atoms with Crippen LogP contribution >= 0.6 is 20.6 Å². The first kappa shape index (κ1) is 9.57. The quantitative estimate of drug-likeness (QED) is 0.650. The maximum atomic E-state index is 4.51. The van der Waals surface area contributed by atoms with E-state index in [-0.39, 0.29) is 0 Å². The average molecular weight is 214 g/mol. The molecule has 0 fully saturated rings. The van der Waals surface area contributed by atoms with Crippen LogP contribution in [0.4, 0.5) is 0 Å². The minimum atomic E-state index is 0.720. The van der Waals surface area contributed by atoms with Crippen LogP contribution < -0.4 is 4.75 Å². The molecule has 0 radical (unpaired) electrons. The van der Waals surface area contributed by atoms with E-state index in [1.54, 1.807) is 0 Å². The molecule has 1 aliphatic rings. The van der Waals surface area contributed by atoms with Gasteiger partial charge < -0.3 is 4.90 Å².